The van der Waals surface area contributed by atoms with Crippen molar-refractivity contribution in [1.29, 1.82) is 0 Å². The summed E-state index contributed by atoms with van der Waals surface area (Å²) in [6, 6.07) is 137. The number of rotatable bonds is 16. The van der Waals surface area contributed by atoms with Crippen molar-refractivity contribution in [2.45, 2.75) is 5.41 Å². The van der Waals surface area contributed by atoms with Crippen LogP contribution in [0.4, 0.5) is 68.2 Å². The number of fused-ring (bicyclic) bond motifs is 3. The van der Waals surface area contributed by atoms with E-state index < -0.39 is 5.41 Å². The van der Waals surface area contributed by atoms with Gasteiger partial charge in [-0.25, -0.2) is 0 Å². The predicted molar refractivity (Wildman–Crippen MR) is 373 cm³/mol. The van der Waals surface area contributed by atoms with E-state index in [1.807, 2.05) is 0 Å². The highest BCUT2D eigenvalue weighted by molar-refractivity contribution is 5.95. The van der Waals surface area contributed by atoms with Crippen molar-refractivity contribution in [3.05, 3.63) is 398 Å². The summed E-state index contributed by atoms with van der Waals surface area (Å²) in [4.78, 5) is 9.65. The van der Waals surface area contributed by atoms with Gasteiger partial charge in [-0.15, -0.1) is 0 Å². The van der Waals surface area contributed by atoms with Crippen LogP contribution in [0.15, 0.2) is 376 Å². The zero-order chi connectivity index (χ0) is 59.4. The SMILES string of the molecule is c1ccc(-c2cc(N(c3ccccc3)c3ccccc3)cc(C3(c4cc(-c5ccccc5)cc(N(c5ccccc5)c5ccccc5)c4)c4cc(N(c5ccccc5)c5ccccc5)ccc4-c4ccc(N(c5ccccc5)c5ccccc5)cc43)c2)cc1. The van der Waals surface area contributed by atoms with Crippen molar-refractivity contribution < 1.29 is 0 Å². The molecule has 4 heteroatoms. The van der Waals surface area contributed by atoms with Crippen LogP contribution in [0.1, 0.15) is 22.3 Å². The van der Waals surface area contributed by atoms with Crippen molar-refractivity contribution in [3.63, 3.8) is 0 Å². The maximum atomic E-state index is 2.50. The van der Waals surface area contributed by atoms with Gasteiger partial charge in [0, 0.05) is 68.2 Å². The van der Waals surface area contributed by atoms with Gasteiger partial charge < -0.3 is 19.6 Å². The summed E-state index contributed by atoms with van der Waals surface area (Å²) in [5, 5.41) is 0. The monoisotopic (exact) mass is 1140 g/mol. The molecule has 1 aliphatic rings. The van der Waals surface area contributed by atoms with Crippen LogP contribution < -0.4 is 19.6 Å². The van der Waals surface area contributed by atoms with Gasteiger partial charge in [0.15, 0.2) is 0 Å². The Morgan fingerprint density at radius 1 is 0.157 bits per heavy atom. The highest BCUT2D eigenvalue weighted by Crippen LogP contribution is 2.61. The second kappa shape index (κ2) is 24.0. The molecule has 0 atom stereocenters. The van der Waals surface area contributed by atoms with Gasteiger partial charge >= 0.3 is 0 Å². The Labute approximate surface area is 522 Å². The standard InChI is InChI=1S/C85H62N4/c1-11-31-63(32-12-1)65-55-67(59-79(57-65)88(73-43-23-7-24-44-73)74-45-25-8-26-46-74)85(68-56-66(64-33-13-2-14-34-64)58-80(60-68)89(75-47-27-9-28-48-75)76-49-29-10-30-50-76)83-61-77(86(69-35-15-3-16-36-69)70-37-17-4-18-38-70)51-53-81(83)82-54-52-78(62-84(82)85)87(71-39-19-5-20-40-71)72-41-21-6-22-42-72/h1-62H. The Morgan fingerprint density at radius 3 is 0.629 bits per heavy atom. The summed E-state index contributed by atoms with van der Waals surface area (Å²) in [5.74, 6) is 0. The first-order valence-electron chi connectivity index (χ1n) is 30.5. The molecule has 0 amide bonds. The third-order valence-electron chi connectivity index (χ3n) is 17.2. The fourth-order valence-corrected chi connectivity index (χ4v) is 13.3. The normalized spacial score (nSPS) is 11.9. The first-order valence-corrected chi connectivity index (χ1v) is 30.5. The van der Waals surface area contributed by atoms with Gasteiger partial charge in [0.05, 0.1) is 5.41 Å². The average Bonchev–Trinajstić information content (AvgIpc) is 1.71. The molecule has 0 aromatic heterocycles. The van der Waals surface area contributed by atoms with Crippen LogP contribution in [0.2, 0.25) is 0 Å². The minimum absolute atomic E-state index is 1.03. The maximum absolute atomic E-state index is 2.50. The number of para-hydroxylation sites is 8. The number of benzene rings is 14. The Morgan fingerprint density at radius 2 is 0.382 bits per heavy atom. The molecule has 0 fully saturated rings. The highest BCUT2D eigenvalue weighted by atomic mass is 15.2. The molecule has 0 saturated heterocycles. The van der Waals surface area contributed by atoms with Crippen molar-refractivity contribution in [2.24, 2.45) is 0 Å². The Bertz CT molecular complexity index is 4230. The molecule has 0 spiro atoms. The van der Waals surface area contributed by atoms with Gasteiger partial charge in [0.25, 0.3) is 0 Å². The third kappa shape index (κ3) is 10.3. The molecular weight excluding hydrogens is 1080 g/mol. The fraction of sp³-hybridized carbons (Fsp3) is 0.0118. The fourth-order valence-electron chi connectivity index (χ4n) is 13.3. The lowest BCUT2D eigenvalue weighted by Gasteiger charge is -2.38. The molecule has 89 heavy (non-hydrogen) atoms. The Hall–Kier alpha value is -11.7. The molecule has 1 aliphatic carbocycles. The van der Waals surface area contributed by atoms with Crippen LogP contribution in [0.3, 0.4) is 0 Å². The molecule has 4 nitrogen and oxygen atoms in total. The van der Waals surface area contributed by atoms with Crippen LogP contribution in [-0.4, -0.2) is 0 Å². The molecule has 0 bridgehead atoms. The van der Waals surface area contributed by atoms with Crippen molar-refractivity contribution in [1.82, 2.24) is 0 Å². The minimum Gasteiger partial charge on any atom is -0.310 e. The molecule has 14 aromatic rings. The molecule has 0 aliphatic heterocycles. The lowest BCUT2D eigenvalue weighted by Crippen LogP contribution is -2.30. The number of hydrogen-bond donors (Lipinski definition) is 0. The summed E-state index contributed by atoms with van der Waals surface area (Å²) >= 11 is 0. The molecule has 15 rings (SSSR count). The molecule has 0 radical (unpaired) electrons. The first kappa shape index (κ1) is 54.0. The highest BCUT2D eigenvalue weighted by Gasteiger charge is 2.48. The molecule has 0 unspecified atom stereocenters. The summed E-state index contributed by atoms with van der Waals surface area (Å²) in [5.41, 5.74) is 22.8. The third-order valence-corrected chi connectivity index (χ3v) is 17.2. The molecule has 0 heterocycles. The molecular formula is C85H62N4. The Kier molecular flexibility index (Phi) is 14.5. The second-order valence-corrected chi connectivity index (χ2v) is 22.5. The number of hydrogen-bond acceptors (Lipinski definition) is 4. The van der Waals surface area contributed by atoms with Crippen LogP contribution in [-0.2, 0) is 5.41 Å². The lowest BCUT2D eigenvalue weighted by molar-refractivity contribution is 0.769. The van der Waals surface area contributed by atoms with E-state index in [4.69, 9.17) is 0 Å². The number of nitrogens with zero attached hydrogens (tertiary/aromatic N) is 4. The molecule has 0 N–H and O–H groups in total. The molecule has 0 saturated carbocycles. The summed E-state index contributed by atoms with van der Waals surface area (Å²) in [6.07, 6.45) is 0. The van der Waals surface area contributed by atoms with Crippen LogP contribution in [0, 0.1) is 0 Å². The maximum Gasteiger partial charge on any atom is 0.0717 e. The average molecular weight is 1140 g/mol. The van der Waals surface area contributed by atoms with Gasteiger partial charge in [-0.2, -0.15) is 0 Å². The summed E-state index contributed by atoms with van der Waals surface area (Å²) in [7, 11) is 0. The quantitative estimate of drug-likeness (QED) is 0.0956. The number of anilines is 12. The van der Waals surface area contributed by atoms with E-state index in [2.05, 4.69) is 396 Å². The molecule has 14 aromatic carbocycles. The topological polar surface area (TPSA) is 13.0 Å². The minimum atomic E-state index is -1.05. The van der Waals surface area contributed by atoms with E-state index in [0.717, 1.165) is 124 Å². The van der Waals surface area contributed by atoms with E-state index in [-0.39, 0.29) is 0 Å². The predicted octanol–water partition coefficient (Wildman–Crippen LogP) is 23.3. The Balaban J connectivity index is 1.13. The molecule has 422 valence electrons. The van der Waals surface area contributed by atoms with Gasteiger partial charge in [0.1, 0.15) is 0 Å². The van der Waals surface area contributed by atoms with Crippen LogP contribution >= 0.6 is 0 Å². The van der Waals surface area contributed by atoms with E-state index in [9.17, 15) is 0 Å². The van der Waals surface area contributed by atoms with Crippen LogP contribution in [0.5, 0.6) is 0 Å². The van der Waals surface area contributed by atoms with Crippen molar-refractivity contribution in [2.75, 3.05) is 19.6 Å². The van der Waals surface area contributed by atoms with E-state index in [0.29, 0.717) is 0 Å². The van der Waals surface area contributed by atoms with Crippen LogP contribution in [0.25, 0.3) is 33.4 Å². The van der Waals surface area contributed by atoms with Gasteiger partial charge in [-0.05, 0) is 213 Å². The first-order chi connectivity index (χ1) is 44.2. The van der Waals surface area contributed by atoms with Crippen molar-refractivity contribution >= 4 is 68.2 Å². The van der Waals surface area contributed by atoms with Gasteiger partial charge in [-0.3, -0.25) is 0 Å². The second-order valence-electron chi connectivity index (χ2n) is 22.5. The van der Waals surface area contributed by atoms with Crippen molar-refractivity contribution in [3.8, 4) is 33.4 Å². The van der Waals surface area contributed by atoms with Gasteiger partial charge in [-0.1, -0.05) is 218 Å². The lowest BCUT2D eigenvalue weighted by atomic mass is 9.66. The zero-order valence-corrected chi connectivity index (χ0v) is 49.1. The smallest absolute Gasteiger partial charge is 0.0717 e. The largest absolute Gasteiger partial charge is 0.310 e. The van der Waals surface area contributed by atoms with E-state index >= 15 is 0 Å². The summed E-state index contributed by atoms with van der Waals surface area (Å²) in [6.45, 7) is 0. The van der Waals surface area contributed by atoms with E-state index in [1.165, 1.54) is 0 Å². The van der Waals surface area contributed by atoms with Gasteiger partial charge in [0.2, 0.25) is 0 Å². The zero-order valence-electron chi connectivity index (χ0n) is 49.1. The summed E-state index contributed by atoms with van der Waals surface area (Å²) < 4.78 is 0. The van der Waals surface area contributed by atoms with E-state index in [1.54, 1.807) is 0 Å².